The summed E-state index contributed by atoms with van der Waals surface area (Å²) in [4.78, 5) is 9.13. The van der Waals surface area contributed by atoms with Crippen LogP contribution in [0.1, 0.15) is 56.7 Å². The van der Waals surface area contributed by atoms with Gasteiger partial charge >= 0.3 is 0 Å². The van der Waals surface area contributed by atoms with Crippen molar-refractivity contribution in [1.29, 1.82) is 0 Å². The van der Waals surface area contributed by atoms with Gasteiger partial charge in [-0.15, -0.1) is 11.3 Å². The van der Waals surface area contributed by atoms with Gasteiger partial charge < -0.3 is 15.7 Å². The van der Waals surface area contributed by atoms with E-state index < -0.39 is 5.60 Å². The summed E-state index contributed by atoms with van der Waals surface area (Å²) < 4.78 is 0. The van der Waals surface area contributed by atoms with Crippen LogP contribution in [0.5, 0.6) is 0 Å². The highest BCUT2D eigenvalue weighted by Gasteiger charge is 2.34. The van der Waals surface area contributed by atoms with Gasteiger partial charge in [0.2, 0.25) is 0 Å². The topological polar surface area (TPSA) is 69.5 Å². The normalized spacial score (nSPS) is 17.7. The maximum absolute atomic E-state index is 10.1. The van der Waals surface area contributed by atoms with Gasteiger partial charge in [0.1, 0.15) is 5.01 Å². The maximum atomic E-state index is 10.1. The first-order valence-electron chi connectivity index (χ1n) is 7.71. The number of hydrogen-bond acceptors (Lipinski definition) is 4. The quantitative estimate of drug-likeness (QED) is 0.557. The number of hydrogen-bond donors (Lipinski definition) is 3. The molecule has 2 rings (SSSR count). The number of nitrogens with zero attached hydrogens (tertiary/aromatic N) is 2. The van der Waals surface area contributed by atoms with Gasteiger partial charge in [-0.2, -0.15) is 0 Å². The Balaban J connectivity index is 1.89. The summed E-state index contributed by atoms with van der Waals surface area (Å²) in [5.74, 6) is 1.21. The zero-order chi connectivity index (χ0) is 15.3. The van der Waals surface area contributed by atoms with Crippen molar-refractivity contribution in [1.82, 2.24) is 15.6 Å². The maximum Gasteiger partial charge on any atom is 0.191 e. The number of nitrogens with one attached hydrogen (secondary N) is 2. The number of aliphatic imine (C=N–C) groups is 1. The van der Waals surface area contributed by atoms with Crippen LogP contribution in [0.3, 0.4) is 0 Å². The van der Waals surface area contributed by atoms with E-state index in [9.17, 15) is 5.11 Å². The molecule has 0 radical (unpaired) electrons. The van der Waals surface area contributed by atoms with E-state index in [4.69, 9.17) is 0 Å². The Morgan fingerprint density at radius 3 is 2.76 bits per heavy atom. The van der Waals surface area contributed by atoms with Crippen molar-refractivity contribution in [2.24, 2.45) is 4.99 Å². The molecule has 21 heavy (non-hydrogen) atoms. The highest BCUT2D eigenvalue weighted by Crippen LogP contribution is 2.30. The summed E-state index contributed by atoms with van der Waals surface area (Å²) >= 11 is 1.65. The molecule has 0 aromatic carbocycles. The Labute approximate surface area is 130 Å². The second-order valence-corrected chi connectivity index (χ2v) is 6.89. The van der Waals surface area contributed by atoms with Crippen LogP contribution in [0.25, 0.3) is 0 Å². The van der Waals surface area contributed by atoms with Gasteiger partial charge in [-0.1, -0.05) is 13.8 Å². The molecule has 1 saturated carbocycles. The second kappa shape index (κ2) is 7.22. The molecule has 1 aromatic heterocycles. The van der Waals surface area contributed by atoms with Gasteiger partial charge in [0.25, 0.3) is 0 Å². The predicted octanol–water partition coefficient (Wildman–Crippen LogP) is 2.24. The highest BCUT2D eigenvalue weighted by atomic mass is 32.1. The third-order valence-electron chi connectivity index (χ3n) is 3.75. The largest absolute Gasteiger partial charge is 0.388 e. The van der Waals surface area contributed by atoms with Gasteiger partial charge in [0, 0.05) is 18.5 Å². The van der Waals surface area contributed by atoms with E-state index in [0.717, 1.165) is 42.5 Å². The molecular weight excluding hydrogens is 284 g/mol. The van der Waals surface area contributed by atoms with Crippen LogP contribution in [-0.2, 0) is 6.54 Å². The van der Waals surface area contributed by atoms with Gasteiger partial charge in [-0.25, -0.2) is 9.98 Å². The Morgan fingerprint density at radius 1 is 1.48 bits per heavy atom. The fourth-order valence-electron chi connectivity index (χ4n) is 2.16. The lowest BCUT2D eigenvalue weighted by Gasteiger charge is -2.36. The van der Waals surface area contributed by atoms with E-state index in [1.807, 2.05) is 6.92 Å². The smallest absolute Gasteiger partial charge is 0.191 e. The molecule has 3 N–H and O–H groups in total. The number of thiazole rings is 1. The first kappa shape index (κ1) is 16.2. The molecule has 0 saturated heterocycles. The van der Waals surface area contributed by atoms with Crippen LogP contribution in [0.15, 0.2) is 10.4 Å². The molecule has 6 heteroatoms. The summed E-state index contributed by atoms with van der Waals surface area (Å²) in [5, 5.41) is 19.7. The molecule has 0 unspecified atom stereocenters. The minimum atomic E-state index is -0.539. The van der Waals surface area contributed by atoms with E-state index >= 15 is 0 Å². The van der Waals surface area contributed by atoms with Crippen LogP contribution >= 0.6 is 11.3 Å². The fourth-order valence-corrected chi connectivity index (χ4v) is 3.04. The lowest BCUT2D eigenvalue weighted by Crippen LogP contribution is -2.50. The standard InChI is InChI=1S/C15H26N4OS/c1-4-16-14(18-10-15(20)6-5-7-15)17-8-13-19-12(9-21-13)11(2)3/h9,11,20H,4-8,10H2,1-3H3,(H2,16,17,18). The molecular formula is C15H26N4OS. The third kappa shape index (κ3) is 4.68. The monoisotopic (exact) mass is 310 g/mol. The van der Waals surface area contributed by atoms with Crippen molar-refractivity contribution in [3.8, 4) is 0 Å². The molecule has 1 aliphatic carbocycles. The SMILES string of the molecule is CCNC(=NCc1nc(C(C)C)cs1)NCC1(O)CCC1. The average Bonchev–Trinajstić information content (AvgIpc) is 2.89. The van der Waals surface area contributed by atoms with Crippen LogP contribution < -0.4 is 10.6 Å². The minimum absolute atomic E-state index is 0.457. The summed E-state index contributed by atoms with van der Waals surface area (Å²) in [6.07, 6.45) is 2.87. The van der Waals surface area contributed by atoms with Crippen molar-refractivity contribution >= 4 is 17.3 Å². The van der Waals surface area contributed by atoms with E-state index in [1.165, 1.54) is 0 Å². The van der Waals surface area contributed by atoms with Crippen LogP contribution in [0.4, 0.5) is 0 Å². The lowest BCUT2D eigenvalue weighted by atomic mass is 9.80. The van der Waals surface area contributed by atoms with Gasteiger partial charge in [0.05, 0.1) is 17.8 Å². The van der Waals surface area contributed by atoms with Crippen LogP contribution in [0, 0.1) is 0 Å². The van der Waals surface area contributed by atoms with Crippen molar-refractivity contribution in [2.75, 3.05) is 13.1 Å². The number of guanidine groups is 1. The van der Waals surface area contributed by atoms with Crippen molar-refractivity contribution < 1.29 is 5.11 Å². The van der Waals surface area contributed by atoms with E-state index in [0.29, 0.717) is 19.0 Å². The summed E-state index contributed by atoms with van der Waals surface area (Å²) in [5.41, 5.74) is 0.592. The number of rotatable bonds is 6. The molecule has 0 amide bonds. The van der Waals surface area contributed by atoms with Crippen LogP contribution in [-0.4, -0.2) is 34.7 Å². The zero-order valence-corrected chi connectivity index (χ0v) is 14.0. The molecule has 1 aromatic rings. The Bertz CT molecular complexity index is 480. The molecule has 1 fully saturated rings. The Morgan fingerprint density at radius 2 is 2.24 bits per heavy atom. The summed E-state index contributed by atoms with van der Waals surface area (Å²) in [7, 11) is 0. The van der Waals surface area contributed by atoms with Gasteiger partial charge in [0.15, 0.2) is 5.96 Å². The number of aliphatic hydroxyl groups is 1. The van der Waals surface area contributed by atoms with E-state index in [2.05, 4.69) is 39.8 Å². The Hall–Kier alpha value is -1.14. The molecule has 0 bridgehead atoms. The lowest BCUT2D eigenvalue weighted by molar-refractivity contribution is -0.0279. The van der Waals surface area contributed by atoms with Crippen molar-refractivity contribution in [3.63, 3.8) is 0 Å². The summed E-state index contributed by atoms with van der Waals surface area (Å²) in [6.45, 7) is 8.27. The molecule has 1 aliphatic rings. The van der Waals surface area contributed by atoms with Gasteiger partial charge in [-0.05, 0) is 32.1 Å². The van der Waals surface area contributed by atoms with Crippen molar-refractivity contribution in [2.45, 2.75) is 58.1 Å². The minimum Gasteiger partial charge on any atom is -0.388 e. The second-order valence-electron chi connectivity index (χ2n) is 5.95. The van der Waals surface area contributed by atoms with Crippen molar-refractivity contribution in [3.05, 3.63) is 16.1 Å². The highest BCUT2D eigenvalue weighted by molar-refractivity contribution is 7.09. The van der Waals surface area contributed by atoms with E-state index in [1.54, 1.807) is 11.3 Å². The first-order valence-corrected chi connectivity index (χ1v) is 8.59. The van der Waals surface area contributed by atoms with Crippen LogP contribution in [0.2, 0.25) is 0 Å². The average molecular weight is 310 g/mol. The molecule has 0 aliphatic heterocycles. The molecule has 5 nitrogen and oxygen atoms in total. The predicted molar refractivity (Wildman–Crippen MR) is 87.8 cm³/mol. The first-order chi connectivity index (χ1) is 10.0. The molecule has 0 atom stereocenters. The van der Waals surface area contributed by atoms with E-state index in [-0.39, 0.29) is 0 Å². The van der Waals surface area contributed by atoms with Gasteiger partial charge in [-0.3, -0.25) is 0 Å². The third-order valence-corrected chi connectivity index (χ3v) is 4.60. The number of aromatic nitrogens is 1. The fraction of sp³-hybridized carbons (Fsp3) is 0.733. The molecule has 0 spiro atoms. The molecule has 1 heterocycles. The Kier molecular flexibility index (Phi) is 5.58. The zero-order valence-electron chi connectivity index (χ0n) is 13.1. The molecule has 118 valence electrons. The summed E-state index contributed by atoms with van der Waals surface area (Å²) in [6, 6.07) is 0.